The Morgan fingerprint density at radius 2 is 2.12 bits per heavy atom. The topological polar surface area (TPSA) is 99.5 Å². The normalized spacial score (nSPS) is 11.0. The van der Waals surface area contributed by atoms with Crippen molar-refractivity contribution in [3.63, 3.8) is 0 Å². The second kappa shape index (κ2) is 5.99. The fourth-order valence-corrected chi connectivity index (χ4v) is 2.60. The van der Waals surface area contributed by atoms with Crippen molar-refractivity contribution in [2.75, 3.05) is 17.6 Å². The Kier molecular flexibility index (Phi) is 3.54. The number of fused-ring (bicyclic) bond motifs is 1. The maximum Gasteiger partial charge on any atom is 0.137 e. The van der Waals surface area contributed by atoms with E-state index >= 15 is 0 Å². The molecule has 3 aromatic heterocycles. The quantitative estimate of drug-likeness (QED) is 0.581. The largest absolute Gasteiger partial charge is 0.384 e. The molecule has 8 nitrogen and oxygen atoms in total. The van der Waals surface area contributed by atoms with Crippen molar-refractivity contribution in [3.05, 3.63) is 55.4 Å². The van der Waals surface area contributed by atoms with E-state index in [1.54, 1.807) is 21.9 Å². The Hall–Kier alpha value is -3.42. The molecule has 1 aromatic carbocycles. The summed E-state index contributed by atoms with van der Waals surface area (Å²) in [6.45, 7) is 1.43. The van der Waals surface area contributed by atoms with E-state index in [0.29, 0.717) is 12.4 Å². The predicted molar refractivity (Wildman–Crippen MR) is 91.8 cm³/mol. The van der Waals surface area contributed by atoms with E-state index < -0.39 is 0 Å². The van der Waals surface area contributed by atoms with Gasteiger partial charge in [-0.3, -0.25) is 4.68 Å². The first-order chi connectivity index (χ1) is 11.8. The van der Waals surface area contributed by atoms with E-state index in [2.05, 4.69) is 25.5 Å². The molecule has 0 amide bonds. The Labute approximate surface area is 138 Å². The van der Waals surface area contributed by atoms with Crippen LogP contribution in [0.4, 0.5) is 11.5 Å². The van der Waals surface area contributed by atoms with Gasteiger partial charge in [-0.25, -0.2) is 14.6 Å². The molecule has 3 N–H and O–H groups in total. The van der Waals surface area contributed by atoms with E-state index in [4.69, 9.17) is 5.73 Å². The number of nitrogens with two attached hydrogens (primary N) is 1. The average molecular weight is 320 g/mol. The van der Waals surface area contributed by atoms with Gasteiger partial charge in [-0.15, -0.1) is 0 Å². The van der Waals surface area contributed by atoms with Gasteiger partial charge in [0.2, 0.25) is 0 Å². The molecule has 0 spiro atoms. The molecule has 0 fully saturated rings. The maximum atomic E-state index is 5.96. The molecule has 8 heteroatoms. The minimum atomic E-state index is 0.475. The Morgan fingerprint density at radius 1 is 1.17 bits per heavy atom. The molecule has 0 bridgehead atoms. The lowest BCUT2D eigenvalue weighted by Crippen LogP contribution is -2.11. The number of hydrogen-bond donors (Lipinski definition) is 2. The van der Waals surface area contributed by atoms with Crippen molar-refractivity contribution < 1.29 is 0 Å². The molecule has 4 rings (SSSR count). The number of rotatable bonds is 5. The SMILES string of the molecule is Nc1cc(NCCn2cncn2)c2ccc(-n3cccn3)cc2n1. The zero-order valence-electron chi connectivity index (χ0n) is 12.9. The van der Waals surface area contributed by atoms with Crippen LogP contribution < -0.4 is 11.1 Å². The zero-order chi connectivity index (χ0) is 16.4. The minimum Gasteiger partial charge on any atom is -0.384 e. The molecular formula is C16H16N8. The zero-order valence-corrected chi connectivity index (χ0v) is 12.9. The summed E-state index contributed by atoms with van der Waals surface area (Å²) in [7, 11) is 0. The summed E-state index contributed by atoms with van der Waals surface area (Å²) in [5.41, 5.74) is 8.68. The van der Waals surface area contributed by atoms with Gasteiger partial charge in [-0.1, -0.05) is 0 Å². The van der Waals surface area contributed by atoms with Crippen LogP contribution in [-0.2, 0) is 6.54 Å². The monoisotopic (exact) mass is 320 g/mol. The summed E-state index contributed by atoms with van der Waals surface area (Å²) in [5, 5.41) is 12.7. The molecule has 0 unspecified atom stereocenters. The molecule has 0 aliphatic heterocycles. The fraction of sp³-hybridized carbons (Fsp3) is 0.125. The molecular weight excluding hydrogens is 304 g/mol. The van der Waals surface area contributed by atoms with E-state index in [0.717, 1.165) is 28.8 Å². The second-order valence-corrected chi connectivity index (χ2v) is 5.33. The van der Waals surface area contributed by atoms with Crippen molar-refractivity contribution in [1.82, 2.24) is 29.5 Å². The summed E-state index contributed by atoms with van der Waals surface area (Å²) in [4.78, 5) is 8.37. The number of aromatic nitrogens is 6. The smallest absolute Gasteiger partial charge is 0.137 e. The number of benzene rings is 1. The molecule has 0 aliphatic carbocycles. The molecule has 3 heterocycles. The molecule has 4 aromatic rings. The molecule has 0 radical (unpaired) electrons. The van der Waals surface area contributed by atoms with Crippen LogP contribution in [0.25, 0.3) is 16.6 Å². The van der Waals surface area contributed by atoms with E-state index in [1.807, 2.05) is 36.5 Å². The van der Waals surface area contributed by atoms with Gasteiger partial charge in [0.25, 0.3) is 0 Å². The van der Waals surface area contributed by atoms with Crippen LogP contribution in [0.5, 0.6) is 0 Å². The van der Waals surface area contributed by atoms with Crippen LogP contribution in [0.3, 0.4) is 0 Å². The van der Waals surface area contributed by atoms with Gasteiger partial charge in [0, 0.05) is 36.1 Å². The molecule has 0 saturated heterocycles. The molecule has 0 saturated carbocycles. The lowest BCUT2D eigenvalue weighted by Gasteiger charge is -2.11. The standard InChI is InChI=1S/C16H16N8/c17-16-9-14(19-5-7-23-11-18-10-21-23)13-3-2-12(8-15(13)22-16)24-6-1-4-20-24/h1-4,6,8-11H,5,7H2,(H3,17,19,22). The summed E-state index contributed by atoms with van der Waals surface area (Å²) >= 11 is 0. The lowest BCUT2D eigenvalue weighted by molar-refractivity contribution is 0.636. The van der Waals surface area contributed by atoms with Crippen LogP contribution >= 0.6 is 0 Å². The number of pyridine rings is 1. The first-order valence-electron chi connectivity index (χ1n) is 7.56. The fourth-order valence-electron chi connectivity index (χ4n) is 2.60. The van der Waals surface area contributed by atoms with Crippen molar-refractivity contribution in [2.24, 2.45) is 0 Å². The van der Waals surface area contributed by atoms with Gasteiger partial charge in [0.05, 0.1) is 17.7 Å². The van der Waals surface area contributed by atoms with Gasteiger partial charge in [-0.2, -0.15) is 10.2 Å². The van der Waals surface area contributed by atoms with Crippen LogP contribution in [0.2, 0.25) is 0 Å². The highest BCUT2D eigenvalue weighted by molar-refractivity contribution is 5.93. The van der Waals surface area contributed by atoms with Crippen LogP contribution in [-0.4, -0.2) is 36.1 Å². The highest BCUT2D eigenvalue weighted by Gasteiger charge is 2.07. The van der Waals surface area contributed by atoms with E-state index in [9.17, 15) is 0 Å². The number of anilines is 2. The molecule has 0 atom stereocenters. The molecule has 24 heavy (non-hydrogen) atoms. The van der Waals surface area contributed by atoms with Crippen molar-refractivity contribution in [1.29, 1.82) is 0 Å². The third kappa shape index (κ3) is 2.76. The summed E-state index contributed by atoms with van der Waals surface area (Å²) < 4.78 is 3.57. The summed E-state index contributed by atoms with van der Waals surface area (Å²) in [5.74, 6) is 0.475. The third-order valence-corrected chi connectivity index (χ3v) is 3.71. The van der Waals surface area contributed by atoms with E-state index in [-0.39, 0.29) is 0 Å². The van der Waals surface area contributed by atoms with Gasteiger partial charge in [0.1, 0.15) is 18.5 Å². The number of nitrogens with zero attached hydrogens (tertiary/aromatic N) is 6. The average Bonchev–Trinajstić information content (AvgIpc) is 3.28. The lowest BCUT2D eigenvalue weighted by atomic mass is 10.1. The third-order valence-electron chi connectivity index (χ3n) is 3.71. The first-order valence-corrected chi connectivity index (χ1v) is 7.56. The van der Waals surface area contributed by atoms with Crippen molar-refractivity contribution in [2.45, 2.75) is 6.54 Å². The minimum absolute atomic E-state index is 0.475. The maximum absolute atomic E-state index is 5.96. The summed E-state index contributed by atoms with van der Waals surface area (Å²) in [6, 6.07) is 9.74. The molecule has 0 aliphatic rings. The number of nitrogen functional groups attached to an aromatic ring is 1. The second-order valence-electron chi connectivity index (χ2n) is 5.33. The predicted octanol–water partition coefficient (Wildman–Crippen LogP) is 1.71. The van der Waals surface area contributed by atoms with Gasteiger partial charge >= 0.3 is 0 Å². The van der Waals surface area contributed by atoms with Crippen molar-refractivity contribution in [3.8, 4) is 5.69 Å². The van der Waals surface area contributed by atoms with Gasteiger partial charge < -0.3 is 11.1 Å². The highest BCUT2D eigenvalue weighted by atomic mass is 15.3. The first kappa shape index (κ1) is 14.2. The van der Waals surface area contributed by atoms with Gasteiger partial charge in [-0.05, 0) is 24.3 Å². The van der Waals surface area contributed by atoms with E-state index in [1.165, 1.54) is 6.33 Å². The van der Waals surface area contributed by atoms with Crippen molar-refractivity contribution >= 4 is 22.4 Å². The van der Waals surface area contributed by atoms with Crippen LogP contribution in [0, 0.1) is 0 Å². The number of hydrogen-bond acceptors (Lipinski definition) is 6. The molecule has 120 valence electrons. The Balaban J connectivity index is 1.62. The number of nitrogens with one attached hydrogen (secondary N) is 1. The van der Waals surface area contributed by atoms with Gasteiger partial charge in [0.15, 0.2) is 0 Å². The van der Waals surface area contributed by atoms with Crippen LogP contribution in [0.15, 0.2) is 55.4 Å². The Bertz CT molecular complexity index is 944. The summed E-state index contributed by atoms with van der Waals surface area (Å²) in [6.07, 6.45) is 6.85. The Morgan fingerprint density at radius 3 is 2.92 bits per heavy atom. The van der Waals surface area contributed by atoms with Crippen LogP contribution in [0.1, 0.15) is 0 Å². The highest BCUT2D eigenvalue weighted by Crippen LogP contribution is 2.26.